The SMILES string of the molecule is CC1(C)OC(=O)C(=Cc2ccc(S(C)(=O)=O)cc2Cl)C(=O)O1. The van der Waals surface area contributed by atoms with Crippen molar-refractivity contribution in [1.82, 2.24) is 0 Å². The molecule has 22 heavy (non-hydrogen) atoms. The zero-order chi connectivity index (χ0) is 16.7. The Morgan fingerprint density at radius 3 is 2.14 bits per heavy atom. The number of hydrogen-bond donors (Lipinski definition) is 0. The maximum Gasteiger partial charge on any atom is 0.348 e. The Hall–Kier alpha value is -1.86. The Kier molecular flexibility index (Phi) is 4.06. The van der Waals surface area contributed by atoms with Crippen LogP contribution in [0.5, 0.6) is 0 Å². The molecule has 1 saturated heterocycles. The van der Waals surface area contributed by atoms with E-state index in [0.29, 0.717) is 5.56 Å². The van der Waals surface area contributed by atoms with E-state index < -0.39 is 27.6 Å². The third-order valence-corrected chi connectivity index (χ3v) is 4.25. The molecule has 0 bridgehead atoms. The molecule has 0 spiro atoms. The molecule has 118 valence electrons. The fraction of sp³-hybridized carbons (Fsp3) is 0.286. The summed E-state index contributed by atoms with van der Waals surface area (Å²) < 4.78 is 32.8. The molecule has 6 nitrogen and oxygen atoms in total. The van der Waals surface area contributed by atoms with Crippen molar-refractivity contribution in [2.45, 2.75) is 24.5 Å². The molecule has 8 heteroatoms. The van der Waals surface area contributed by atoms with E-state index in [4.69, 9.17) is 21.1 Å². The molecule has 1 aliphatic heterocycles. The summed E-state index contributed by atoms with van der Waals surface area (Å²) in [6.45, 7) is 2.88. The first-order valence-corrected chi connectivity index (χ1v) is 8.44. The first-order valence-electron chi connectivity index (χ1n) is 6.17. The van der Waals surface area contributed by atoms with Crippen LogP contribution in [0.4, 0.5) is 0 Å². The molecule has 1 aromatic rings. The molecule has 0 saturated carbocycles. The first-order chi connectivity index (χ1) is 9.99. The van der Waals surface area contributed by atoms with E-state index >= 15 is 0 Å². The van der Waals surface area contributed by atoms with Gasteiger partial charge in [0.1, 0.15) is 5.57 Å². The van der Waals surface area contributed by atoms with Crippen LogP contribution in [-0.2, 0) is 28.9 Å². The summed E-state index contributed by atoms with van der Waals surface area (Å²) >= 11 is 5.99. The number of sulfone groups is 1. The molecular formula is C14H13ClO6S. The van der Waals surface area contributed by atoms with Crippen molar-refractivity contribution in [2.75, 3.05) is 6.26 Å². The van der Waals surface area contributed by atoms with Crippen molar-refractivity contribution in [3.8, 4) is 0 Å². The highest BCUT2D eigenvalue weighted by Gasteiger charge is 2.38. The lowest BCUT2D eigenvalue weighted by Gasteiger charge is -2.29. The lowest BCUT2D eigenvalue weighted by atomic mass is 10.1. The molecule has 0 atom stereocenters. The third-order valence-electron chi connectivity index (χ3n) is 2.82. The predicted molar refractivity (Wildman–Crippen MR) is 78.8 cm³/mol. The molecule has 1 fully saturated rings. The number of carbonyl (C=O) groups excluding carboxylic acids is 2. The summed E-state index contributed by atoms with van der Waals surface area (Å²) in [5.41, 5.74) is -0.00833. The normalized spacial score (nSPS) is 17.7. The quantitative estimate of drug-likeness (QED) is 0.463. The molecule has 0 aromatic heterocycles. The van der Waals surface area contributed by atoms with Crippen LogP contribution in [0.25, 0.3) is 6.08 Å². The third kappa shape index (κ3) is 3.48. The van der Waals surface area contributed by atoms with Gasteiger partial charge in [-0.25, -0.2) is 18.0 Å². The summed E-state index contributed by atoms with van der Waals surface area (Å²) in [7, 11) is -3.40. The predicted octanol–water partition coefficient (Wildman–Crippen LogP) is 1.96. The topological polar surface area (TPSA) is 86.7 Å². The standard InChI is InChI=1S/C14H13ClO6S/c1-14(2)20-12(16)10(13(17)21-14)6-8-4-5-9(7-11(8)15)22(3,18)19/h4-7H,1-3H3. The van der Waals surface area contributed by atoms with Gasteiger partial charge in [0.15, 0.2) is 9.84 Å². The second-order valence-corrected chi connectivity index (χ2v) is 7.62. The minimum atomic E-state index is -3.40. The van der Waals surface area contributed by atoms with Gasteiger partial charge >= 0.3 is 11.9 Å². The maximum atomic E-state index is 11.8. The number of carbonyl (C=O) groups is 2. The Balaban J connectivity index is 2.42. The van der Waals surface area contributed by atoms with Crippen molar-refractivity contribution >= 4 is 39.5 Å². The van der Waals surface area contributed by atoms with Crippen molar-refractivity contribution in [2.24, 2.45) is 0 Å². The van der Waals surface area contributed by atoms with E-state index in [0.717, 1.165) is 6.26 Å². The molecule has 1 heterocycles. The van der Waals surface area contributed by atoms with E-state index in [1.807, 2.05) is 0 Å². The highest BCUT2D eigenvalue weighted by atomic mass is 35.5. The Bertz CT molecular complexity index is 770. The minimum absolute atomic E-state index is 0.0366. The zero-order valence-electron chi connectivity index (χ0n) is 12.0. The van der Waals surface area contributed by atoms with Gasteiger partial charge in [-0.15, -0.1) is 0 Å². The first kappa shape index (κ1) is 16.5. The molecule has 1 aromatic carbocycles. The molecule has 0 N–H and O–H groups in total. The zero-order valence-corrected chi connectivity index (χ0v) is 13.6. The van der Waals surface area contributed by atoms with Gasteiger partial charge in [-0.3, -0.25) is 0 Å². The summed E-state index contributed by atoms with van der Waals surface area (Å²) in [6.07, 6.45) is 2.25. The van der Waals surface area contributed by atoms with Gasteiger partial charge in [-0.1, -0.05) is 17.7 Å². The summed E-state index contributed by atoms with van der Waals surface area (Å²) in [6, 6.07) is 3.97. The van der Waals surface area contributed by atoms with E-state index in [1.165, 1.54) is 38.1 Å². The lowest BCUT2D eigenvalue weighted by Crippen LogP contribution is -2.41. The van der Waals surface area contributed by atoms with Crippen LogP contribution < -0.4 is 0 Å². The van der Waals surface area contributed by atoms with Crippen LogP contribution in [-0.4, -0.2) is 32.4 Å². The van der Waals surface area contributed by atoms with Crippen molar-refractivity contribution in [3.63, 3.8) is 0 Å². The largest absolute Gasteiger partial charge is 0.419 e. The lowest BCUT2D eigenvalue weighted by molar-refractivity contribution is -0.222. The number of rotatable bonds is 2. The van der Waals surface area contributed by atoms with Crippen LogP contribution in [0.2, 0.25) is 5.02 Å². The Labute approximate surface area is 132 Å². The number of ether oxygens (including phenoxy) is 2. The van der Waals surface area contributed by atoms with Gasteiger partial charge in [0.25, 0.3) is 5.79 Å². The second-order valence-electron chi connectivity index (χ2n) is 5.19. The van der Waals surface area contributed by atoms with E-state index in [9.17, 15) is 18.0 Å². The van der Waals surface area contributed by atoms with E-state index in [-0.39, 0.29) is 15.5 Å². The van der Waals surface area contributed by atoms with E-state index in [2.05, 4.69) is 0 Å². The summed E-state index contributed by atoms with van der Waals surface area (Å²) in [4.78, 5) is 23.7. The van der Waals surface area contributed by atoms with Crippen LogP contribution in [0.3, 0.4) is 0 Å². The maximum absolute atomic E-state index is 11.8. The van der Waals surface area contributed by atoms with Gasteiger partial charge in [0.05, 0.1) is 4.90 Å². The van der Waals surface area contributed by atoms with Gasteiger partial charge in [-0.05, 0) is 23.8 Å². The fourth-order valence-corrected chi connectivity index (χ4v) is 2.74. The van der Waals surface area contributed by atoms with Crippen LogP contribution in [0, 0.1) is 0 Å². The molecule has 0 aliphatic carbocycles. The summed E-state index contributed by atoms with van der Waals surface area (Å²) in [5.74, 6) is -2.98. The number of esters is 2. The van der Waals surface area contributed by atoms with Crippen molar-refractivity contribution < 1.29 is 27.5 Å². The molecule has 0 radical (unpaired) electrons. The van der Waals surface area contributed by atoms with Crippen molar-refractivity contribution in [1.29, 1.82) is 0 Å². The Morgan fingerprint density at radius 2 is 1.68 bits per heavy atom. The molecule has 1 aliphatic rings. The number of benzene rings is 1. The van der Waals surface area contributed by atoms with Gasteiger partial charge < -0.3 is 9.47 Å². The van der Waals surface area contributed by atoms with Crippen LogP contribution >= 0.6 is 11.6 Å². The van der Waals surface area contributed by atoms with Gasteiger partial charge in [-0.2, -0.15) is 0 Å². The smallest absolute Gasteiger partial charge is 0.348 e. The number of cyclic esters (lactones) is 2. The monoisotopic (exact) mass is 344 g/mol. The molecule has 2 rings (SSSR count). The van der Waals surface area contributed by atoms with Crippen LogP contribution in [0.1, 0.15) is 19.4 Å². The summed E-state index contributed by atoms with van der Waals surface area (Å²) in [5, 5.41) is 0.0841. The minimum Gasteiger partial charge on any atom is -0.419 e. The molecular weight excluding hydrogens is 332 g/mol. The molecule has 0 unspecified atom stereocenters. The highest BCUT2D eigenvalue weighted by Crippen LogP contribution is 2.27. The molecule has 0 amide bonds. The number of halogens is 1. The average molecular weight is 345 g/mol. The van der Waals surface area contributed by atoms with Gasteiger partial charge in [0.2, 0.25) is 0 Å². The Morgan fingerprint density at radius 1 is 1.14 bits per heavy atom. The number of hydrogen-bond acceptors (Lipinski definition) is 6. The van der Waals surface area contributed by atoms with Crippen molar-refractivity contribution in [3.05, 3.63) is 34.4 Å². The fourth-order valence-electron chi connectivity index (χ4n) is 1.79. The van der Waals surface area contributed by atoms with E-state index in [1.54, 1.807) is 0 Å². The van der Waals surface area contributed by atoms with Gasteiger partial charge in [0, 0.05) is 25.1 Å². The average Bonchev–Trinajstić information content (AvgIpc) is 2.32. The highest BCUT2D eigenvalue weighted by molar-refractivity contribution is 7.90. The second kappa shape index (κ2) is 5.40. The van der Waals surface area contributed by atoms with Crippen LogP contribution in [0.15, 0.2) is 28.7 Å².